The SMILES string of the molecule is COc1cc2c(c(OC)c1OC)C(c1cnsc1)CC(=O)N2.O=CO. The standard InChI is InChI=1S/C15H16N2O4S.CH2O2/c1-19-11-5-10-13(15(21-3)14(11)20-2)9(4-12(18)17-10)8-6-16-22-7-8;2-1-3/h5-7,9H,4H2,1-3H3,(H,17,18);1H,(H,2,3). The first-order valence-corrected chi connectivity index (χ1v) is 8.04. The van der Waals surface area contributed by atoms with Crippen LogP contribution in [0.2, 0.25) is 0 Å². The van der Waals surface area contributed by atoms with Crippen molar-refractivity contribution in [2.45, 2.75) is 12.3 Å². The van der Waals surface area contributed by atoms with Crippen LogP contribution in [0.15, 0.2) is 17.6 Å². The summed E-state index contributed by atoms with van der Waals surface area (Å²) in [5, 5.41) is 11.7. The molecule has 3 rings (SSSR count). The van der Waals surface area contributed by atoms with Gasteiger partial charge in [0, 0.05) is 35.5 Å². The summed E-state index contributed by atoms with van der Waals surface area (Å²) in [5.41, 5.74) is 2.56. The van der Waals surface area contributed by atoms with E-state index in [0.29, 0.717) is 29.4 Å². The van der Waals surface area contributed by atoms with E-state index in [0.717, 1.165) is 11.1 Å². The number of fused-ring (bicyclic) bond motifs is 1. The normalized spacial score (nSPS) is 15.2. The largest absolute Gasteiger partial charge is 0.493 e. The first kappa shape index (κ1) is 18.5. The maximum atomic E-state index is 12.0. The summed E-state index contributed by atoms with van der Waals surface area (Å²) >= 11 is 1.36. The molecule has 0 aliphatic carbocycles. The van der Waals surface area contributed by atoms with Crippen molar-refractivity contribution in [2.75, 3.05) is 26.6 Å². The molecule has 1 unspecified atom stereocenters. The Balaban J connectivity index is 0.000000701. The minimum Gasteiger partial charge on any atom is -0.493 e. The van der Waals surface area contributed by atoms with Crippen molar-refractivity contribution < 1.29 is 28.9 Å². The van der Waals surface area contributed by atoms with Gasteiger partial charge in [0.1, 0.15) is 0 Å². The molecular formula is C16H18N2O6S. The second-order valence-electron chi connectivity index (χ2n) is 4.97. The zero-order valence-electron chi connectivity index (χ0n) is 13.9. The maximum absolute atomic E-state index is 12.0. The van der Waals surface area contributed by atoms with E-state index in [4.69, 9.17) is 24.1 Å². The molecule has 2 N–H and O–H groups in total. The summed E-state index contributed by atoms with van der Waals surface area (Å²) in [6.07, 6.45) is 2.13. The highest BCUT2D eigenvalue weighted by molar-refractivity contribution is 7.03. The number of methoxy groups -OCH3 is 3. The van der Waals surface area contributed by atoms with Crippen molar-refractivity contribution >= 4 is 29.6 Å². The molecule has 0 radical (unpaired) electrons. The summed E-state index contributed by atoms with van der Waals surface area (Å²) < 4.78 is 20.5. The van der Waals surface area contributed by atoms with Gasteiger partial charge in [0.15, 0.2) is 11.5 Å². The first-order chi connectivity index (χ1) is 12.1. The number of rotatable bonds is 4. The average Bonchev–Trinajstić information content (AvgIpc) is 3.14. The van der Waals surface area contributed by atoms with Crippen molar-refractivity contribution in [3.8, 4) is 17.2 Å². The maximum Gasteiger partial charge on any atom is 0.290 e. The van der Waals surface area contributed by atoms with Crippen LogP contribution in [0, 0.1) is 0 Å². The average molecular weight is 366 g/mol. The van der Waals surface area contributed by atoms with Crippen molar-refractivity contribution in [1.82, 2.24) is 4.37 Å². The van der Waals surface area contributed by atoms with Gasteiger partial charge in [0.05, 0.1) is 27.0 Å². The molecule has 1 aromatic heterocycles. The van der Waals surface area contributed by atoms with Gasteiger partial charge in [-0.05, 0) is 17.1 Å². The number of carboxylic acid groups (broad SMARTS) is 1. The van der Waals surface area contributed by atoms with Gasteiger partial charge in [-0.1, -0.05) is 0 Å². The third kappa shape index (κ3) is 3.66. The Morgan fingerprint density at radius 2 is 1.96 bits per heavy atom. The minimum atomic E-state index is -0.250. The second-order valence-corrected chi connectivity index (χ2v) is 5.63. The van der Waals surface area contributed by atoms with Crippen LogP contribution in [0.4, 0.5) is 5.69 Å². The van der Waals surface area contributed by atoms with Gasteiger partial charge in [-0.25, -0.2) is 4.37 Å². The van der Waals surface area contributed by atoms with E-state index in [2.05, 4.69) is 9.69 Å². The molecule has 1 aliphatic heterocycles. The Morgan fingerprint density at radius 3 is 2.48 bits per heavy atom. The van der Waals surface area contributed by atoms with E-state index in [1.807, 2.05) is 5.38 Å². The van der Waals surface area contributed by atoms with E-state index >= 15 is 0 Å². The number of ether oxygens (including phenoxy) is 3. The summed E-state index contributed by atoms with van der Waals surface area (Å²) in [6.45, 7) is -0.250. The van der Waals surface area contributed by atoms with Crippen LogP contribution in [-0.2, 0) is 9.59 Å². The number of nitrogens with one attached hydrogen (secondary N) is 1. The van der Waals surface area contributed by atoms with Crippen LogP contribution in [0.3, 0.4) is 0 Å². The predicted molar refractivity (Wildman–Crippen MR) is 92.0 cm³/mol. The number of hydrogen-bond donors (Lipinski definition) is 2. The number of carbonyl (C=O) groups is 2. The molecule has 1 atom stereocenters. The van der Waals surface area contributed by atoms with Gasteiger partial charge >= 0.3 is 0 Å². The van der Waals surface area contributed by atoms with Crippen molar-refractivity contribution in [1.29, 1.82) is 0 Å². The third-order valence-corrected chi connectivity index (χ3v) is 4.34. The summed E-state index contributed by atoms with van der Waals surface area (Å²) in [5.74, 6) is 1.46. The zero-order chi connectivity index (χ0) is 18.4. The summed E-state index contributed by atoms with van der Waals surface area (Å²) in [6, 6.07) is 1.76. The first-order valence-electron chi connectivity index (χ1n) is 7.21. The lowest BCUT2D eigenvalue weighted by Crippen LogP contribution is -2.24. The van der Waals surface area contributed by atoms with Crippen molar-refractivity contribution in [2.24, 2.45) is 0 Å². The van der Waals surface area contributed by atoms with Gasteiger partial charge in [-0.3, -0.25) is 9.59 Å². The second kappa shape index (κ2) is 8.34. The monoisotopic (exact) mass is 366 g/mol. The van der Waals surface area contributed by atoms with Gasteiger partial charge < -0.3 is 24.6 Å². The lowest BCUT2D eigenvalue weighted by Gasteiger charge is -2.28. The molecule has 2 aromatic rings. The zero-order valence-corrected chi connectivity index (χ0v) is 14.8. The predicted octanol–water partition coefficient (Wildman–Crippen LogP) is 2.34. The molecule has 0 fully saturated rings. The quantitative estimate of drug-likeness (QED) is 0.800. The molecule has 1 aromatic carbocycles. The van der Waals surface area contributed by atoms with E-state index in [-0.39, 0.29) is 18.3 Å². The Bertz CT molecular complexity index is 748. The summed E-state index contributed by atoms with van der Waals surface area (Å²) in [4.78, 5) is 20.4. The van der Waals surface area contributed by atoms with Crippen LogP contribution in [0.1, 0.15) is 23.5 Å². The fourth-order valence-corrected chi connectivity index (χ4v) is 3.38. The minimum absolute atomic E-state index is 0.0435. The molecular weight excluding hydrogens is 348 g/mol. The molecule has 0 spiro atoms. The fourth-order valence-electron chi connectivity index (χ4n) is 2.79. The highest BCUT2D eigenvalue weighted by atomic mass is 32.1. The number of anilines is 1. The van der Waals surface area contributed by atoms with Crippen LogP contribution < -0.4 is 19.5 Å². The van der Waals surface area contributed by atoms with Crippen LogP contribution >= 0.6 is 11.5 Å². The Kier molecular flexibility index (Phi) is 6.18. The van der Waals surface area contributed by atoms with Gasteiger partial charge in [-0.2, -0.15) is 0 Å². The van der Waals surface area contributed by atoms with Crippen LogP contribution in [0.25, 0.3) is 0 Å². The van der Waals surface area contributed by atoms with Crippen molar-refractivity contribution in [3.05, 3.63) is 28.8 Å². The number of amides is 1. The van der Waals surface area contributed by atoms with Gasteiger partial charge in [0.25, 0.3) is 6.47 Å². The Labute approximate surface area is 148 Å². The van der Waals surface area contributed by atoms with E-state index in [1.54, 1.807) is 33.6 Å². The molecule has 1 aliphatic rings. The molecule has 1 amide bonds. The molecule has 2 heterocycles. The van der Waals surface area contributed by atoms with E-state index in [9.17, 15) is 4.79 Å². The van der Waals surface area contributed by atoms with Gasteiger partial charge in [0.2, 0.25) is 11.7 Å². The Morgan fingerprint density at radius 1 is 1.28 bits per heavy atom. The van der Waals surface area contributed by atoms with E-state index < -0.39 is 0 Å². The summed E-state index contributed by atoms with van der Waals surface area (Å²) in [7, 11) is 4.70. The van der Waals surface area contributed by atoms with Crippen LogP contribution in [-0.4, -0.2) is 43.2 Å². The number of aromatic nitrogens is 1. The molecule has 25 heavy (non-hydrogen) atoms. The molecule has 8 nitrogen and oxygen atoms in total. The number of benzene rings is 1. The van der Waals surface area contributed by atoms with E-state index in [1.165, 1.54) is 11.5 Å². The Hall–Kier alpha value is -2.81. The lowest BCUT2D eigenvalue weighted by atomic mass is 9.85. The number of hydrogen-bond acceptors (Lipinski definition) is 7. The topological polar surface area (TPSA) is 107 Å². The molecule has 0 bridgehead atoms. The molecule has 9 heteroatoms. The van der Waals surface area contributed by atoms with Crippen LogP contribution in [0.5, 0.6) is 17.2 Å². The molecule has 134 valence electrons. The lowest BCUT2D eigenvalue weighted by molar-refractivity contribution is -0.123. The van der Waals surface area contributed by atoms with Gasteiger partial charge in [-0.15, -0.1) is 0 Å². The molecule has 0 saturated carbocycles. The number of carbonyl (C=O) groups excluding carboxylic acids is 1. The highest BCUT2D eigenvalue weighted by Gasteiger charge is 2.33. The third-order valence-electron chi connectivity index (χ3n) is 3.73. The highest BCUT2D eigenvalue weighted by Crippen LogP contribution is 2.51. The van der Waals surface area contributed by atoms with Crippen molar-refractivity contribution in [3.63, 3.8) is 0 Å². The number of nitrogens with zero attached hydrogens (tertiary/aromatic N) is 1. The fraction of sp³-hybridized carbons (Fsp3) is 0.312. The molecule has 0 saturated heterocycles. The smallest absolute Gasteiger partial charge is 0.290 e.